The van der Waals surface area contributed by atoms with Crippen molar-refractivity contribution in [2.45, 2.75) is 20.4 Å². The number of aromatic nitrogens is 1. The van der Waals surface area contributed by atoms with E-state index in [2.05, 4.69) is 6.92 Å². The fourth-order valence-corrected chi connectivity index (χ4v) is 1.78. The molecule has 1 aromatic heterocycles. The molecule has 0 saturated carbocycles. The molecule has 0 fully saturated rings. The van der Waals surface area contributed by atoms with E-state index in [1.807, 2.05) is 18.7 Å². The lowest BCUT2D eigenvalue weighted by molar-refractivity contribution is 0.735. The van der Waals surface area contributed by atoms with E-state index >= 15 is 0 Å². The molecule has 0 atom stereocenters. The van der Waals surface area contributed by atoms with E-state index < -0.39 is 0 Å². The highest BCUT2D eigenvalue weighted by atomic mass is 32.2. The Bertz CT molecular complexity index is 360. The fraction of sp³-hybridized carbons (Fsp3) is 0.500. The van der Waals surface area contributed by atoms with Crippen molar-refractivity contribution < 1.29 is 0 Å². The summed E-state index contributed by atoms with van der Waals surface area (Å²) in [6.45, 7) is 4.70. The van der Waals surface area contributed by atoms with E-state index in [9.17, 15) is 4.79 Å². The first-order valence-electron chi connectivity index (χ1n) is 4.69. The Hall–Kier alpha value is -0.900. The van der Waals surface area contributed by atoms with Crippen molar-refractivity contribution in [2.75, 3.05) is 17.2 Å². The third kappa shape index (κ3) is 2.80. The van der Waals surface area contributed by atoms with Crippen LogP contribution in [0.5, 0.6) is 0 Å². The Morgan fingerprint density at radius 2 is 2.29 bits per heavy atom. The summed E-state index contributed by atoms with van der Waals surface area (Å²) in [5.41, 5.74) is 7.30. The number of pyridine rings is 1. The molecule has 0 aromatic carbocycles. The van der Waals surface area contributed by atoms with Gasteiger partial charge in [0.2, 0.25) is 0 Å². The lowest BCUT2D eigenvalue weighted by Crippen LogP contribution is -2.21. The lowest BCUT2D eigenvalue weighted by atomic mass is 10.2. The molecule has 1 heterocycles. The Morgan fingerprint density at radius 1 is 1.57 bits per heavy atom. The van der Waals surface area contributed by atoms with Gasteiger partial charge in [-0.2, -0.15) is 11.8 Å². The Balaban J connectivity index is 2.77. The predicted molar refractivity (Wildman–Crippen MR) is 62.9 cm³/mol. The van der Waals surface area contributed by atoms with Gasteiger partial charge < -0.3 is 10.3 Å². The van der Waals surface area contributed by atoms with Crippen molar-refractivity contribution >= 4 is 17.4 Å². The summed E-state index contributed by atoms with van der Waals surface area (Å²) >= 11 is 1.82. The highest BCUT2D eigenvalue weighted by Gasteiger charge is 1.99. The zero-order valence-electron chi connectivity index (χ0n) is 8.62. The number of anilines is 1. The minimum absolute atomic E-state index is 0.0356. The first-order valence-corrected chi connectivity index (χ1v) is 5.85. The fourth-order valence-electron chi connectivity index (χ4n) is 1.17. The number of rotatable bonds is 4. The Morgan fingerprint density at radius 3 is 2.93 bits per heavy atom. The smallest absolute Gasteiger partial charge is 0.250 e. The summed E-state index contributed by atoms with van der Waals surface area (Å²) in [7, 11) is 0. The second-order valence-corrected chi connectivity index (χ2v) is 4.53. The highest BCUT2D eigenvalue weighted by molar-refractivity contribution is 7.99. The van der Waals surface area contributed by atoms with E-state index in [-0.39, 0.29) is 5.56 Å². The summed E-state index contributed by atoms with van der Waals surface area (Å²) in [6.07, 6.45) is 1.73. The normalized spacial score (nSPS) is 10.4. The van der Waals surface area contributed by atoms with Gasteiger partial charge >= 0.3 is 0 Å². The molecule has 1 aromatic rings. The van der Waals surface area contributed by atoms with Crippen molar-refractivity contribution in [3.05, 3.63) is 28.2 Å². The molecule has 2 N–H and O–H groups in total. The van der Waals surface area contributed by atoms with Crippen molar-refractivity contribution in [1.82, 2.24) is 4.57 Å². The van der Waals surface area contributed by atoms with Crippen molar-refractivity contribution in [1.29, 1.82) is 0 Å². The van der Waals surface area contributed by atoms with Crippen LogP contribution in [0.15, 0.2) is 17.1 Å². The van der Waals surface area contributed by atoms with Crippen molar-refractivity contribution in [3.8, 4) is 0 Å². The van der Waals surface area contributed by atoms with Crippen LogP contribution in [0.4, 0.5) is 5.69 Å². The molecule has 0 aliphatic rings. The van der Waals surface area contributed by atoms with E-state index in [4.69, 9.17) is 5.73 Å². The standard InChI is InChI=1S/C10H16N2OS/c1-3-14-5-4-12-7-9(11)8(2)6-10(12)13/h6-7H,3-5,11H2,1-2H3. The van der Waals surface area contributed by atoms with Crippen LogP contribution in [0.25, 0.3) is 0 Å². The molecular weight excluding hydrogens is 196 g/mol. The molecule has 0 bridgehead atoms. The molecule has 0 spiro atoms. The topological polar surface area (TPSA) is 48.0 Å². The summed E-state index contributed by atoms with van der Waals surface area (Å²) in [5.74, 6) is 2.04. The first-order chi connectivity index (χ1) is 6.65. The molecule has 0 saturated heterocycles. The molecule has 0 amide bonds. The maximum absolute atomic E-state index is 11.5. The van der Waals surface area contributed by atoms with Gasteiger partial charge in [0.1, 0.15) is 0 Å². The second-order valence-electron chi connectivity index (χ2n) is 3.14. The Kier molecular flexibility index (Phi) is 4.07. The van der Waals surface area contributed by atoms with Gasteiger partial charge in [0.15, 0.2) is 0 Å². The van der Waals surface area contributed by atoms with Gasteiger partial charge in [-0.1, -0.05) is 6.92 Å². The van der Waals surface area contributed by atoms with Gasteiger partial charge in [0, 0.05) is 24.6 Å². The van der Waals surface area contributed by atoms with E-state index in [1.165, 1.54) is 0 Å². The van der Waals surface area contributed by atoms with Crippen LogP contribution in [0.2, 0.25) is 0 Å². The molecule has 3 nitrogen and oxygen atoms in total. The van der Waals surface area contributed by atoms with Crippen molar-refractivity contribution in [3.63, 3.8) is 0 Å². The van der Waals surface area contributed by atoms with Crippen LogP contribution in [0, 0.1) is 6.92 Å². The van der Waals surface area contributed by atoms with Gasteiger partial charge in [-0.15, -0.1) is 0 Å². The Labute approximate surface area is 88.3 Å². The van der Waals surface area contributed by atoms with E-state index in [1.54, 1.807) is 16.8 Å². The molecule has 1 rings (SSSR count). The van der Waals surface area contributed by atoms with E-state index in [0.29, 0.717) is 5.69 Å². The number of aryl methyl sites for hydroxylation is 2. The molecule has 0 aliphatic heterocycles. The average molecular weight is 212 g/mol. The quantitative estimate of drug-likeness (QED) is 0.769. The SMILES string of the molecule is CCSCCn1cc(N)c(C)cc1=O. The second kappa shape index (κ2) is 5.10. The molecule has 14 heavy (non-hydrogen) atoms. The number of nitrogen functional groups attached to an aromatic ring is 1. The number of nitrogens with zero attached hydrogens (tertiary/aromatic N) is 1. The number of thioether (sulfide) groups is 1. The van der Waals surface area contributed by atoms with Crippen LogP contribution in [0.1, 0.15) is 12.5 Å². The van der Waals surface area contributed by atoms with Crippen LogP contribution < -0.4 is 11.3 Å². The zero-order chi connectivity index (χ0) is 10.6. The molecule has 4 heteroatoms. The number of hydrogen-bond donors (Lipinski definition) is 1. The summed E-state index contributed by atoms with van der Waals surface area (Å²) < 4.78 is 1.67. The van der Waals surface area contributed by atoms with Gasteiger partial charge in [0.25, 0.3) is 5.56 Å². The third-order valence-electron chi connectivity index (χ3n) is 2.05. The first kappa shape index (κ1) is 11.2. The molecular formula is C10H16N2OS. The molecule has 0 radical (unpaired) electrons. The largest absolute Gasteiger partial charge is 0.397 e. The highest BCUT2D eigenvalue weighted by Crippen LogP contribution is 2.06. The molecule has 78 valence electrons. The minimum Gasteiger partial charge on any atom is -0.397 e. The summed E-state index contributed by atoms with van der Waals surface area (Å²) in [4.78, 5) is 11.5. The zero-order valence-corrected chi connectivity index (χ0v) is 9.43. The van der Waals surface area contributed by atoms with Gasteiger partial charge in [0.05, 0.1) is 5.69 Å². The lowest BCUT2D eigenvalue weighted by Gasteiger charge is -2.07. The van der Waals surface area contributed by atoms with E-state index in [0.717, 1.165) is 23.6 Å². The van der Waals surface area contributed by atoms with Gasteiger partial charge in [-0.05, 0) is 18.2 Å². The number of hydrogen-bond acceptors (Lipinski definition) is 3. The average Bonchev–Trinajstić information content (AvgIpc) is 2.14. The molecule has 0 unspecified atom stereocenters. The van der Waals surface area contributed by atoms with Gasteiger partial charge in [-0.3, -0.25) is 4.79 Å². The monoisotopic (exact) mass is 212 g/mol. The third-order valence-corrected chi connectivity index (χ3v) is 2.93. The van der Waals surface area contributed by atoms with Crippen LogP contribution in [-0.4, -0.2) is 16.1 Å². The molecule has 0 aliphatic carbocycles. The van der Waals surface area contributed by atoms with Gasteiger partial charge in [-0.25, -0.2) is 0 Å². The van der Waals surface area contributed by atoms with Crippen LogP contribution in [-0.2, 0) is 6.54 Å². The summed E-state index contributed by atoms with van der Waals surface area (Å²) in [6, 6.07) is 1.59. The number of nitrogens with two attached hydrogens (primary N) is 1. The minimum atomic E-state index is 0.0356. The van der Waals surface area contributed by atoms with Crippen molar-refractivity contribution in [2.24, 2.45) is 0 Å². The van der Waals surface area contributed by atoms with Crippen LogP contribution >= 0.6 is 11.8 Å². The predicted octanol–water partition coefficient (Wildman–Crippen LogP) is 1.49. The summed E-state index contributed by atoms with van der Waals surface area (Å²) in [5, 5.41) is 0. The maximum Gasteiger partial charge on any atom is 0.250 e. The van der Waals surface area contributed by atoms with Crippen LogP contribution in [0.3, 0.4) is 0 Å². The maximum atomic E-state index is 11.5.